The lowest BCUT2D eigenvalue weighted by atomic mass is 10.2. The maximum atomic E-state index is 12.4. The van der Waals surface area contributed by atoms with Crippen LogP contribution < -0.4 is 5.56 Å². The maximum absolute atomic E-state index is 12.4. The van der Waals surface area contributed by atoms with E-state index in [9.17, 15) is 9.59 Å². The highest BCUT2D eigenvalue weighted by molar-refractivity contribution is 7.13. The number of carbonyl (C=O) groups is 1. The van der Waals surface area contributed by atoms with Crippen molar-refractivity contribution in [1.82, 2.24) is 19.9 Å². The molecule has 0 spiro atoms. The summed E-state index contributed by atoms with van der Waals surface area (Å²) in [7, 11) is 1.71. The number of thiazole rings is 1. The van der Waals surface area contributed by atoms with Crippen LogP contribution in [0.3, 0.4) is 0 Å². The van der Waals surface area contributed by atoms with Crippen LogP contribution in [0.5, 0.6) is 0 Å². The van der Waals surface area contributed by atoms with Crippen molar-refractivity contribution in [3.05, 3.63) is 69.3 Å². The normalized spacial score (nSPS) is 10.6. The predicted molar refractivity (Wildman–Crippen MR) is 97.3 cm³/mol. The Bertz CT molecular complexity index is 934. The molecule has 1 aromatic carbocycles. The Kier molecular flexibility index (Phi) is 5.04. The summed E-state index contributed by atoms with van der Waals surface area (Å²) in [4.78, 5) is 37.0. The molecule has 0 aliphatic rings. The van der Waals surface area contributed by atoms with E-state index in [1.54, 1.807) is 30.2 Å². The number of aryl methyl sites for hydroxylation is 1. The van der Waals surface area contributed by atoms with Crippen LogP contribution in [0.4, 0.5) is 0 Å². The Balaban J connectivity index is 1.66. The number of hydrogen-bond acceptors (Lipinski definition) is 5. The fourth-order valence-corrected chi connectivity index (χ4v) is 3.18. The first-order valence-corrected chi connectivity index (χ1v) is 8.69. The van der Waals surface area contributed by atoms with Crippen LogP contribution >= 0.6 is 11.3 Å². The molecular weight excluding hydrogens is 336 g/mol. The fraction of sp³-hybridized carbons (Fsp3) is 0.222. The first-order chi connectivity index (χ1) is 12.0. The summed E-state index contributed by atoms with van der Waals surface area (Å²) in [5, 5.41) is 2.88. The van der Waals surface area contributed by atoms with E-state index in [1.807, 2.05) is 35.7 Å². The molecule has 0 saturated carbocycles. The molecule has 0 fully saturated rings. The molecule has 0 atom stereocenters. The molecule has 0 bridgehead atoms. The number of likely N-dealkylation sites (N-methyl/N-ethyl adjacent to an activating group) is 1. The van der Waals surface area contributed by atoms with Gasteiger partial charge in [0.2, 0.25) is 5.91 Å². The van der Waals surface area contributed by atoms with Gasteiger partial charge in [-0.15, -0.1) is 11.3 Å². The van der Waals surface area contributed by atoms with Crippen LogP contribution in [0, 0.1) is 6.92 Å². The number of aromatic amines is 1. The minimum atomic E-state index is -0.269. The summed E-state index contributed by atoms with van der Waals surface area (Å²) >= 11 is 1.55. The van der Waals surface area contributed by atoms with Gasteiger partial charge in [0.25, 0.3) is 5.56 Å². The van der Waals surface area contributed by atoms with Gasteiger partial charge in [-0.1, -0.05) is 30.3 Å². The summed E-state index contributed by atoms with van der Waals surface area (Å²) in [6.07, 6.45) is 1.48. The lowest BCUT2D eigenvalue weighted by molar-refractivity contribution is -0.129. The number of rotatable bonds is 5. The smallest absolute Gasteiger partial charge is 0.254 e. The van der Waals surface area contributed by atoms with E-state index in [-0.39, 0.29) is 17.9 Å². The van der Waals surface area contributed by atoms with Crippen molar-refractivity contribution in [3.8, 4) is 10.6 Å². The van der Waals surface area contributed by atoms with E-state index in [0.717, 1.165) is 16.3 Å². The number of amides is 1. The Morgan fingerprint density at radius 2 is 2.04 bits per heavy atom. The highest BCUT2D eigenvalue weighted by atomic mass is 32.1. The van der Waals surface area contributed by atoms with E-state index in [4.69, 9.17) is 0 Å². The predicted octanol–water partition coefficient (Wildman–Crippen LogP) is 2.40. The molecule has 0 aliphatic carbocycles. The first kappa shape index (κ1) is 17.0. The van der Waals surface area contributed by atoms with Gasteiger partial charge in [0.1, 0.15) is 10.8 Å². The van der Waals surface area contributed by atoms with Gasteiger partial charge in [0.15, 0.2) is 0 Å². The molecular formula is C18H18N4O2S. The molecule has 3 aromatic rings. The van der Waals surface area contributed by atoms with Crippen LogP contribution in [0.25, 0.3) is 10.6 Å². The van der Waals surface area contributed by atoms with E-state index in [0.29, 0.717) is 17.9 Å². The van der Waals surface area contributed by atoms with Crippen LogP contribution in [0.2, 0.25) is 0 Å². The molecule has 1 N–H and O–H groups in total. The van der Waals surface area contributed by atoms with Gasteiger partial charge in [0, 0.05) is 29.8 Å². The average molecular weight is 354 g/mol. The highest BCUT2D eigenvalue weighted by Crippen LogP contribution is 2.23. The number of benzene rings is 1. The molecule has 7 heteroatoms. The molecule has 0 unspecified atom stereocenters. The topological polar surface area (TPSA) is 79.0 Å². The van der Waals surface area contributed by atoms with Gasteiger partial charge in [-0.25, -0.2) is 9.97 Å². The summed E-state index contributed by atoms with van der Waals surface area (Å²) in [6.45, 7) is 2.10. The van der Waals surface area contributed by atoms with Crippen molar-refractivity contribution in [1.29, 1.82) is 0 Å². The second-order valence-corrected chi connectivity index (χ2v) is 6.62. The van der Waals surface area contributed by atoms with Crippen molar-refractivity contribution in [2.75, 3.05) is 7.05 Å². The highest BCUT2D eigenvalue weighted by Gasteiger charge is 2.14. The second-order valence-electron chi connectivity index (χ2n) is 5.76. The third-order valence-corrected chi connectivity index (χ3v) is 4.68. The summed E-state index contributed by atoms with van der Waals surface area (Å²) in [6, 6.07) is 9.92. The van der Waals surface area contributed by atoms with Gasteiger partial charge < -0.3 is 9.88 Å². The van der Waals surface area contributed by atoms with E-state index in [1.165, 1.54) is 6.20 Å². The van der Waals surface area contributed by atoms with Crippen molar-refractivity contribution < 1.29 is 4.79 Å². The SMILES string of the molecule is Cc1ncc(CC(=O)N(C)Cc2csc(-c3ccccc3)n2)c(=O)[nH]1. The van der Waals surface area contributed by atoms with Crippen molar-refractivity contribution in [3.63, 3.8) is 0 Å². The summed E-state index contributed by atoms with van der Waals surface area (Å²) in [5.74, 6) is 0.385. The molecule has 2 heterocycles. The number of H-pyrrole nitrogens is 1. The third kappa shape index (κ3) is 4.19. The van der Waals surface area contributed by atoms with E-state index >= 15 is 0 Å². The zero-order valence-electron chi connectivity index (χ0n) is 14.0. The number of carbonyl (C=O) groups excluding carboxylic acids is 1. The molecule has 128 valence electrons. The molecule has 3 rings (SSSR count). The first-order valence-electron chi connectivity index (χ1n) is 7.81. The van der Waals surface area contributed by atoms with E-state index < -0.39 is 0 Å². The number of aromatic nitrogens is 3. The second kappa shape index (κ2) is 7.40. The average Bonchev–Trinajstić information content (AvgIpc) is 3.06. The number of hydrogen-bond donors (Lipinski definition) is 1. The van der Waals surface area contributed by atoms with Crippen molar-refractivity contribution in [2.45, 2.75) is 19.9 Å². The summed E-state index contributed by atoms with van der Waals surface area (Å²) < 4.78 is 0. The number of nitrogens with one attached hydrogen (secondary N) is 1. The molecule has 0 aliphatic heterocycles. The zero-order valence-corrected chi connectivity index (χ0v) is 14.8. The number of nitrogens with zero attached hydrogens (tertiary/aromatic N) is 3. The molecule has 6 nitrogen and oxygen atoms in total. The minimum Gasteiger partial charge on any atom is -0.340 e. The monoisotopic (exact) mass is 354 g/mol. The Hall–Kier alpha value is -2.80. The zero-order chi connectivity index (χ0) is 17.8. The van der Waals surface area contributed by atoms with Gasteiger partial charge in [-0.2, -0.15) is 0 Å². The molecule has 0 radical (unpaired) electrons. The van der Waals surface area contributed by atoms with Gasteiger partial charge in [0.05, 0.1) is 18.7 Å². The standard InChI is InChI=1S/C18H18N4O2S/c1-12-19-9-14(17(24)20-12)8-16(23)22(2)10-15-11-25-18(21-15)13-6-4-3-5-7-13/h3-7,9,11H,8,10H2,1-2H3,(H,19,20,24). The Labute approximate surface area is 149 Å². The maximum Gasteiger partial charge on any atom is 0.254 e. The lowest BCUT2D eigenvalue weighted by Gasteiger charge is -2.15. The van der Waals surface area contributed by atoms with Crippen LogP contribution in [-0.4, -0.2) is 32.8 Å². The molecule has 25 heavy (non-hydrogen) atoms. The van der Waals surface area contributed by atoms with Gasteiger partial charge in [-0.3, -0.25) is 9.59 Å². The Morgan fingerprint density at radius 3 is 2.76 bits per heavy atom. The van der Waals surface area contributed by atoms with Gasteiger partial charge >= 0.3 is 0 Å². The largest absolute Gasteiger partial charge is 0.340 e. The molecule has 0 saturated heterocycles. The lowest BCUT2D eigenvalue weighted by Crippen LogP contribution is -2.30. The fourth-order valence-electron chi connectivity index (χ4n) is 2.36. The Morgan fingerprint density at radius 1 is 1.28 bits per heavy atom. The van der Waals surface area contributed by atoms with Crippen LogP contribution in [0.15, 0.2) is 46.7 Å². The quantitative estimate of drug-likeness (QED) is 0.763. The minimum absolute atomic E-state index is 0.0226. The molecule has 1 amide bonds. The third-order valence-electron chi connectivity index (χ3n) is 3.74. The van der Waals surface area contributed by atoms with Crippen LogP contribution in [0.1, 0.15) is 17.1 Å². The van der Waals surface area contributed by atoms with Crippen LogP contribution in [-0.2, 0) is 17.8 Å². The van der Waals surface area contributed by atoms with Gasteiger partial charge in [-0.05, 0) is 6.92 Å². The van der Waals surface area contributed by atoms with Crippen molar-refractivity contribution in [2.24, 2.45) is 0 Å². The van der Waals surface area contributed by atoms with E-state index in [2.05, 4.69) is 15.0 Å². The molecule has 2 aromatic heterocycles. The summed E-state index contributed by atoms with van der Waals surface area (Å²) in [5.41, 5.74) is 1.99. The van der Waals surface area contributed by atoms with Crippen molar-refractivity contribution >= 4 is 17.2 Å².